The fraction of sp³-hybridized carbons (Fsp3) is 0.750. The van der Waals surface area contributed by atoms with Gasteiger partial charge in [0.25, 0.3) is 0 Å². The standard InChI is InChI=1S/C24H37NO4/c1-26-22-5-3-4-21(23(22)27-2)17-25-12-10-24(11-13-25)16-19(9-15-29-24)8-14-28-18-20-6-7-20/h3-5,19-20H,6-18H2,1-2H3. The summed E-state index contributed by atoms with van der Waals surface area (Å²) in [6.45, 7) is 5.87. The molecule has 0 radical (unpaired) electrons. The van der Waals surface area contributed by atoms with Crippen LogP contribution in [0.5, 0.6) is 11.5 Å². The number of benzene rings is 1. The van der Waals surface area contributed by atoms with Gasteiger partial charge in [-0.05, 0) is 62.8 Å². The predicted molar refractivity (Wildman–Crippen MR) is 114 cm³/mol. The van der Waals surface area contributed by atoms with E-state index in [1.165, 1.54) is 37.7 Å². The van der Waals surface area contributed by atoms with E-state index in [0.29, 0.717) is 0 Å². The van der Waals surface area contributed by atoms with E-state index < -0.39 is 0 Å². The molecule has 29 heavy (non-hydrogen) atoms. The highest BCUT2D eigenvalue weighted by atomic mass is 16.5. The molecule has 1 aliphatic carbocycles. The predicted octanol–water partition coefficient (Wildman–Crippen LogP) is 4.28. The van der Waals surface area contributed by atoms with Crippen LogP contribution in [0.1, 0.15) is 50.5 Å². The summed E-state index contributed by atoms with van der Waals surface area (Å²) >= 11 is 0. The van der Waals surface area contributed by atoms with Crippen molar-refractivity contribution in [3.63, 3.8) is 0 Å². The van der Waals surface area contributed by atoms with E-state index in [4.69, 9.17) is 18.9 Å². The maximum atomic E-state index is 6.36. The molecule has 0 aromatic heterocycles. The quantitative estimate of drug-likeness (QED) is 0.576. The number of hydrogen-bond acceptors (Lipinski definition) is 5. The molecule has 5 heteroatoms. The molecular weight excluding hydrogens is 366 g/mol. The normalized spacial score (nSPS) is 24.6. The van der Waals surface area contributed by atoms with E-state index in [9.17, 15) is 0 Å². The molecule has 2 aliphatic heterocycles. The Morgan fingerprint density at radius 3 is 2.62 bits per heavy atom. The number of hydrogen-bond donors (Lipinski definition) is 0. The van der Waals surface area contributed by atoms with Crippen LogP contribution in [0.4, 0.5) is 0 Å². The van der Waals surface area contributed by atoms with Crippen LogP contribution in [-0.2, 0) is 16.0 Å². The zero-order valence-corrected chi connectivity index (χ0v) is 18.2. The smallest absolute Gasteiger partial charge is 0.165 e. The summed E-state index contributed by atoms with van der Waals surface area (Å²) in [5.41, 5.74) is 1.28. The Bertz CT molecular complexity index is 652. The fourth-order valence-corrected chi connectivity index (χ4v) is 4.95. The molecule has 0 amide bonds. The third-order valence-corrected chi connectivity index (χ3v) is 6.96. The molecule has 162 valence electrons. The summed E-state index contributed by atoms with van der Waals surface area (Å²) in [5.74, 6) is 3.29. The molecule has 1 saturated carbocycles. The Morgan fingerprint density at radius 1 is 1.07 bits per heavy atom. The van der Waals surface area contributed by atoms with Crippen LogP contribution in [0.25, 0.3) is 0 Å². The van der Waals surface area contributed by atoms with Crippen molar-refractivity contribution in [3.8, 4) is 11.5 Å². The Hall–Kier alpha value is -1.30. The number of methoxy groups -OCH3 is 2. The van der Waals surface area contributed by atoms with Crippen LogP contribution in [0.2, 0.25) is 0 Å². The summed E-state index contributed by atoms with van der Waals surface area (Å²) in [6, 6.07) is 6.14. The lowest BCUT2D eigenvalue weighted by Crippen LogP contribution is -2.49. The minimum absolute atomic E-state index is 0.0916. The molecule has 1 atom stereocenters. The zero-order chi connectivity index (χ0) is 20.1. The molecule has 1 spiro atoms. The van der Waals surface area contributed by atoms with Crippen molar-refractivity contribution in [1.29, 1.82) is 0 Å². The van der Waals surface area contributed by atoms with Crippen LogP contribution in [0, 0.1) is 11.8 Å². The minimum atomic E-state index is 0.0916. The summed E-state index contributed by atoms with van der Waals surface area (Å²) in [7, 11) is 3.41. The molecule has 3 fully saturated rings. The van der Waals surface area contributed by atoms with Crippen LogP contribution in [0.3, 0.4) is 0 Å². The molecule has 1 aromatic rings. The number of piperidine rings is 1. The van der Waals surface area contributed by atoms with Gasteiger partial charge < -0.3 is 18.9 Å². The van der Waals surface area contributed by atoms with Crippen molar-refractivity contribution < 1.29 is 18.9 Å². The third kappa shape index (κ3) is 5.44. The molecule has 2 saturated heterocycles. The highest BCUT2D eigenvalue weighted by Gasteiger charge is 2.40. The van der Waals surface area contributed by atoms with Gasteiger partial charge in [-0.2, -0.15) is 0 Å². The van der Waals surface area contributed by atoms with E-state index in [1.807, 2.05) is 12.1 Å². The van der Waals surface area contributed by atoms with Gasteiger partial charge in [0.2, 0.25) is 0 Å². The van der Waals surface area contributed by atoms with Crippen LogP contribution in [-0.4, -0.2) is 57.6 Å². The first-order chi connectivity index (χ1) is 14.2. The van der Waals surface area contributed by atoms with Gasteiger partial charge in [-0.1, -0.05) is 12.1 Å². The molecule has 4 rings (SSSR count). The lowest BCUT2D eigenvalue weighted by Gasteiger charge is -2.46. The molecule has 1 unspecified atom stereocenters. The fourth-order valence-electron chi connectivity index (χ4n) is 4.95. The van der Waals surface area contributed by atoms with Gasteiger partial charge in [-0.25, -0.2) is 0 Å². The Kier molecular flexibility index (Phi) is 6.99. The van der Waals surface area contributed by atoms with E-state index in [1.54, 1.807) is 14.2 Å². The maximum absolute atomic E-state index is 6.36. The monoisotopic (exact) mass is 403 g/mol. The van der Waals surface area contributed by atoms with Crippen LogP contribution >= 0.6 is 0 Å². The first-order valence-electron chi connectivity index (χ1n) is 11.4. The van der Waals surface area contributed by atoms with Gasteiger partial charge >= 0.3 is 0 Å². The van der Waals surface area contributed by atoms with Gasteiger partial charge in [0.05, 0.1) is 19.8 Å². The second kappa shape index (κ2) is 9.67. The molecule has 0 N–H and O–H groups in total. The van der Waals surface area contributed by atoms with Crippen molar-refractivity contribution in [2.24, 2.45) is 11.8 Å². The van der Waals surface area contributed by atoms with Crippen molar-refractivity contribution in [1.82, 2.24) is 4.90 Å². The molecule has 1 aromatic carbocycles. The van der Waals surface area contributed by atoms with E-state index in [0.717, 1.165) is 75.6 Å². The lowest BCUT2D eigenvalue weighted by molar-refractivity contribution is -0.130. The molecular formula is C24H37NO4. The van der Waals surface area contributed by atoms with Crippen molar-refractivity contribution in [3.05, 3.63) is 23.8 Å². The highest BCUT2D eigenvalue weighted by molar-refractivity contribution is 5.46. The molecule has 3 aliphatic rings. The van der Waals surface area contributed by atoms with Crippen molar-refractivity contribution in [2.45, 2.75) is 57.1 Å². The van der Waals surface area contributed by atoms with Gasteiger partial charge in [0, 0.05) is 45.0 Å². The average Bonchev–Trinajstić information content (AvgIpc) is 3.57. The highest BCUT2D eigenvalue weighted by Crippen LogP contribution is 2.40. The number of rotatable bonds is 9. The largest absolute Gasteiger partial charge is 0.493 e. The minimum Gasteiger partial charge on any atom is -0.493 e. The first kappa shape index (κ1) is 21.0. The summed E-state index contributed by atoms with van der Waals surface area (Å²) in [6.07, 6.45) is 8.59. The van der Waals surface area contributed by atoms with Gasteiger partial charge in [0.1, 0.15) is 0 Å². The second-order valence-electron chi connectivity index (χ2n) is 9.13. The summed E-state index contributed by atoms with van der Waals surface area (Å²) < 4.78 is 23.3. The zero-order valence-electron chi connectivity index (χ0n) is 18.2. The average molecular weight is 404 g/mol. The lowest BCUT2D eigenvalue weighted by atomic mass is 9.78. The number of ether oxygens (including phenoxy) is 4. The number of para-hydroxylation sites is 1. The topological polar surface area (TPSA) is 40.2 Å². The van der Waals surface area contributed by atoms with E-state index in [-0.39, 0.29) is 5.60 Å². The second-order valence-corrected chi connectivity index (χ2v) is 9.13. The number of nitrogens with zero attached hydrogens (tertiary/aromatic N) is 1. The third-order valence-electron chi connectivity index (χ3n) is 6.96. The Balaban J connectivity index is 1.26. The molecule has 0 bridgehead atoms. The SMILES string of the molecule is COc1cccc(CN2CCC3(CC2)CC(CCOCC2CC2)CCO3)c1OC. The van der Waals surface area contributed by atoms with Crippen molar-refractivity contribution >= 4 is 0 Å². The summed E-state index contributed by atoms with van der Waals surface area (Å²) in [4.78, 5) is 2.52. The van der Waals surface area contributed by atoms with Gasteiger partial charge in [-0.15, -0.1) is 0 Å². The van der Waals surface area contributed by atoms with Crippen LogP contribution < -0.4 is 9.47 Å². The van der Waals surface area contributed by atoms with E-state index in [2.05, 4.69) is 11.0 Å². The Morgan fingerprint density at radius 2 is 1.90 bits per heavy atom. The van der Waals surface area contributed by atoms with E-state index >= 15 is 0 Å². The number of likely N-dealkylation sites (tertiary alicyclic amines) is 1. The van der Waals surface area contributed by atoms with Gasteiger partial charge in [0.15, 0.2) is 11.5 Å². The maximum Gasteiger partial charge on any atom is 0.165 e. The summed E-state index contributed by atoms with van der Waals surface area (Å²) in [5, 5.41) is 0. The Labute approximate surface area is 175 Å². The molecule has 5 nitrogen and oxygen atoms in total. The van der Waals surface area contributed by atoms with Gasteiger partial charge in [-0.3, -0.25) is 4.90 Å². The first-order valence-corrected chi connectivity index (χ1v) is 11.4. The van der Waals surface area contributed by atoms with Crippen molar-refractivity contribution in [2.75, 3.05) is 47.1 Å². The van der Waals surface area contributed by atoms with Crippen LogP contribution in [0.15, 0.2) is 18.2 Å². The molecule has 2 heterocycles.